The third kappa shape index (κ3) is 2.80. The van der Waals surface area contributed by atoms with Gasteiger partial charge in [0.15, 0.2) is 5.58 Å². The van der Waals surface area contributed by atoms with Crippen molar-refractivity contribution in [3.63, 3.8) is 0 Å². The van der Waals surface area contributed by atoms with Crippen LogP contribution in [0.15, 0.2) is 57.7 Å². The fourth-order valence-electron chi connectivity index (χ4n) is 2.34. The molecular weight excluding hydrogens is 365 g/mol. The van der Waals surface area contributed by atoms with Crippen molar-refractivity contribution in [3.05, 3.63) is 68.2 Å². The van der Waals surface area contributed by atoms with Gasteiger partial charge in [-0.3, -0.25) is 4.57 Å². The molecule has 3 nitrogen and oxygen atoms in total. The van der Waals surface area contributed by atoms with Crippen LogP contribution in [-0.4, -0.2) is 4.57 Å². The predicted molar refractivity (Wildman–Crippen MR) is 88.0 cm³/mol. The lowest BCUT2D eigenvalue weighted by atomic mass is 10.1. The number of halogens is 1. The Morgan fingerprint density at radius 1 is 1.10 bits per heavy atom. The van der Waals surface area contributed by atoms with Crippen LogP contribution in [0.1, 0.15) is 12.0 Å². The Kier molecular flexibility index (Phi) is 3.91. The van der Waals surface area contributed by atoms with Gasteiger partial charge in [-0.1, -0.05) is 30.3 Å². The summed E-state index contributed by atoms with van der Waals surface area (Å²) in [5.74, 6) is -0.268. The summed E-state index contributed by atoms with van der Waals surface area (Å²) in [4.78, 5) is 11.9. The van der Waals surface area contributed by atoms with E-state index in [1.54, 1.807) is 4.57 Å². The summed E-state index contributed by atoms with van der Waals surface area (Å²) in [6.45, 7) is 0.682. The van der Waals surface area contributed by atoms with Crippen molar-refractivity contribution in [1.29, 1.82) is 0 Å². The highest BCUT2D eigenvalue weighted by molar-refractivity contribution is 14.1. The van der Waals surface area contributed by atoms with Crippen LogP contribution in [0.5, 0.6) is 0 Å². The number of aryl methyl sites for hydroxylation is 2. The van der Waals surface area contributed by atoms with Crippen LogP contribution in [0, 0.1) is 3.57 Å². The molecule has 0 radical (unpaired) electrons. The van der Waals surface area contributed by atoms with E-state index in [2.05, 4.69) is 34.7 Å². The fraction of sp³-hybridized carbons (Fsp3) is 0.188. The number of oxazole rings is 1. The van der Waals surface area contributed by atoms with Crippen LogP contribution in [0.3, 0.4) is 0 Å². The molecule has 0 spiro atoms. The molecule has 0 bridgehead atoms. The molecule has 2 aromatic carbocycles. The largest absolute Gasteiger partial charge is 0.419 e. The van der Waals surface area contributed by atoms with Gasteiger partial charge in [0.2, 0.25) is 0 Å². The maximum atomic E-state index is 11.9. The summed E-state index contributed by atoms with van der Waals surface area (Å²) >= 11 is 2.21. The quantitative estimate of drug-likeness (QED) is 0.646. The summed E-state index contributed by atoms with van der Waals surface area (Å²) < 4.78 is 8.07. The van der Waals surface area contributed by atoms with Gasteiger partial charge in [-0.15, -0.1) is 0 Å². The number of hydrogen-bond donors (Lipinski definition) is 0. The lowest BCUT2D eigenvalue weighted by Gasteiger charge is -2.03. The van der Waals surface area contributed by atoms with Gasteiger partial charge in [-0.2, -0.15) is 0 Å². The van der Waals surface area contributed by atoms with E-state index in [1.165, 1.54) is 5.56 Å². The number of nitrogens with zero attached hydrogens (tertiary/aromatic N) is 1. The van der Waals surface area contributed by atoms with Crippen LogP contribution in [0.4, 0.5) is 0 Å². The molecule has 3 aromatic rings. The molecule has 4 heteroatoms. The Hall–Kier alpha value is -1.56. The Balaban J connectivity index is 1.78. The van der Waals surface area contributed by atoms with E-state index >= 15 is 0 Å². The van der Waals surface area contributed by atoms with Crippen molar-refractivity contribution < 1.29 is 4.42 Å². The second kappa shape index (κ2) is 5.83. The van der Waals surface area contributed by atoms with Crippen LogP contribution in [-0.2, 0) is 13.0 Å². The van der Waals surface area contributed by atoms with Gasteiger partial charge in [0.05, 0.1) is 5.52 Å². The summed E-state index contributed by atoms with van der Waals surface area (Å²) in [6.07, 6.45) is 1.88. The maximum absolute atomic E-state index is 11.9. The third-order valence-electron chi connectivity index (χ3n) is 3.32. The molecule has 20 heavy (non-hydrogen) atoms. The summed E-state index contributed by atoms with van der Waals surface area (Å²) in [6, 6.07) is 16.1. The molecule has 0 fully saturated rings. The molecular formula is C16H14INO2. The Labute approximate surface area is 130 Å². The molecule has 0 saturated heterocycles. The molecule has 0 atom stereocenters. The van der Waals surface area contributed by atoms with Crippen molar-refractivity contribution in [1.82, 2.24) is 4.57 Å². The van der Waals surface area contributed by atoms with Crippen molar-refractivity contribution in [2.24, 2.45) is 0 Å². The normalized spacial score (nSPS) is 11.1. The molecule has 3 rings (SSSR count). The Morgan fingerprint density at radius 3 is 2.70 bits per heavy atom. The second-order valence-electron chi connectivity index (χ2n) is 4.72. The zero-order valence-electron chi connectivity index (χ0n) is 10.9. The molecule has 0 aliphatic carbocycles. The molecule has 0 N–H and O–H groups in total. The summed E-state index contributed by atoms with van der Waals surface area (Å²) in [5, 5.41) is 0. The minimum atomic E-state index is -0.268. The lowest BCUT2D eigenvalue weighted by Crippen LogP contribution is -2.14. The molecule has 0 unspecified atom stereocenters. The number of aromatic nitrogens is 1. The van der Waals surface area contributed by atoms with Gasteiger partial charge < -0.3 is 4.42 Å². The average Bonchev–Trinajstić information content (AvgIpc) is 2.75. The van der Waals surface area contributed by atoms with Crippen LogP contribution in [0.25, 0.3) is 11.1 Å². The summed E-state index contributed by atoms with van der Waals surface area (Å²) in [5.41, 5.74) is 2.84. The van der Waals surface area contributed by atoms with E-state index in [0.29, 0.717) is 12.1 Å². The van der Waals surface area contributed by atoms with Crippen molar-refractivity contribution in [2.75, 3.05) is 0 Å². The minimum Gasteiger partial charge on any atom is -0.408 e. The van der Waals surface area contributed by atoms with Gasteiger partial charge in [0.1, 0.15) is 0 Å². The monoisotopic (exact) mass is 379 g/mol. The standard InChI is InChI=1S/C16H14INO2/c17-13-8-9-14-15(11-13)20-16(19)18(14)10-4-7-12-5-2-1-3-6-12/h1-3,5-6,8-9,11H,4,7,10H2. The minimum absolute atomic E-state index is 0.268. The molecule has 0 saturated carbocycles. The summed E-state index contributed by atoms with van der Waals surface area (Å²) in [7, 11) is 0. The highest BCUT2D eigenvalue weighted by Crippen LogP contribution is 2.17. The first-order chi connectivity index (χ1) is 9.74. The van der Waals surface area contributed by atoms with E-state index < -0.39 is 0 Å². The lowest BCUT2D eigenvalue weighted by molar-refractivity contribution is 0.497. The first kappa shape index (κ1) is 13.4. The van der Waals surface area contributed by atoms with Gasteiger partial charge in [0.25, 0.3) is 0 Å². The first-order valence-corrected chi connectivity index (χ1v) is 7.65. The number of rotatable bonds is 4. The van der Waals surface area contributed by atoms with Gasteiger partial charge >= 0.3 is 5.76 Å². The van der Waals surface area contributed by atoms with Crippen LogP contribution >= 0.6 is 22.6 Å². The van der Waals surface area contributed by atoms with E-state index in [0.717, 1.165) is 21.9 Å². The van der Waals surface area contributed by atoms with E-state index in [4.69, 9.17) is 4.42 Å². The Bertz CT molecular complexity index is 774. The SMILES string of the molecule is O=c1oc2cc(I)ccc2n1CCCc1ccccc1. The maximum Gasteiger partial charge on any atom is 0.419 e. The molecule has 1 heterocycles. The zero-order chi connectivity index (χ0) is 13.9. The van der Waals surface area contributed by atoms with Crippen molar-refractivity contribution >= 4 is 33.7 Å². The van der Waals surface area contributed by atoms with E-state index in [9.17, 15) is 4.79 Å². The second-order valence-corrected chi connectivity index (χ2v) is 5.97. The molecule has 0 amide bonds. The number of benzene rings is 2. The van der Waals surface area contributed by atoms with E-state index in [-0.39, 0.29) is 5.76 Å². The molecule has 0 aliphatic rings. The smallest absolute Gasteiger partial charge is 0.408 e. The van der Waals surface area contributed by atoms with Gasteiger partial charge in [-0.05, 0) is 59.2 Å². The highest BCUT2D eigenvalue weighted by Gasteiger charge is 2.08. The topological polar surface area (TPSA) is 35.1 Å². The van der Waals surface area contributed by atoms with Gasteiger partial charge in [0, 0.05) is 10.1 Å². The van der Waals surface area contributed by atoms with Crippen molar-refractivity contribution in [2.45, 2.75) is 19.4 Å². The first-order valence-electron chi connectivity index (χ1n) is 6.57. The van der Waals surface area contributed by atoms with Crippen molar-refractivity contribution in [3.8, 4) is 0 Å². The number of fused-ring (bicyclic) bond motifs is 1. The molecule has 1 aromatic heterocycles. The highest BCUT2D eigenvalue weighted by atomic mass is 127. The zero-order valence-corrected chi connectivity index (χ0v) is 13.0. The third-order valence-corrected chi connectivity index (χ3v) is 3.99. The van der Waals surface area contributed by atoms with Gasteiger partial charge in [-0.25, -0.2) is 4.79 Å². The fourth-order valence-corrected chi connectivity index (χ4v) is 2.80. The Morgan fingerprint density at radius 2 is 1.90 bits per heavy atom. The predicted octanol–water partition coefficient (Wildman–Crippen LogP) is 3.83. The molecule has 0 aliphatic heterocycles. The van der Waals surface area contributed by atoms with Crippen LogP contribution in [0.2, 0.25) is 0 Å². The molecule has 102 valence electrons. The number of hydrogen-bond acceptors (Lipinski definition) is 2. The van der Waals surface area contributed by atoms with E-state index in [1.807, 2.05) is 36.4 Å². The average molecular weight is 379 g/mol. The van der Waals surface area contributed by atoms with Crippen LogP contribution < -0.4 is 5.76 Å².